The fourth-order valence-corrected chi connectivity index (χ4v) is 2.63. The number of pyridine rings is 2. The molecule has 145 valence electrons. The van der Waals surface area contributed by atoms with Crippen molar-refractivity contribution in [2.24, 2.45) is 0 Å². The smallest absolute Gasteiger partial charge is 0.354 e. The molecule has 28 heavy (non-hydrogen) atoms. The molecule has 0 bridgehead atoms. The van der Waals surface area contributed by atoms with Gasteiger partial charge in [0.1, 0.15) is 18.4 Å². The van der Waals surface area contributed by atoms with Gasteiger partial charge < -0.3 is 15.3 Å². The second-order valence-electron chi connectivity index (χ2n) is 5.70. The summed E-state index contributed by atoms with van der Waals surface area (Å²) in [6.07, 6.45) is 0. The van der Waals surface area contributed by atoms with Gasteiger partial charge in [-0.15, -0.1) is 0 Å². The molecule has 6 nitrogen and oxygen atoms in total. The number of carboxylic acids is 1. The Morgan fingerprint density at radius 2 is 1.50 bits per heavy atom. The van der Waals surface area contributed by atoms with Crippen molar-refractivity contribution in [1.82, 2.24) is 4.98 Å². The summed E-state index contributed by atoms with van der Waals surface area (Å²) < 4.78 is 1.43. The number of nitrogens with zero attached hydrogens (tertiary/aromatic N) is 2. The fourth-order valence-electron chi connectivity index (χ4n) is 2.63. The van der Waals surface area contributed by atoms with Crippen molar-refractivity contribution in [3.05, 3.63) is 90.6 Å². The summed E-state index contributed by atoms with van der Waals surface area (Å²) in [7, 11) is 0. The normalized spacial score (nSPS) is 11.1. The zero-order chi connectivity index (χ0) is 19.4. The largest absolute Gasteiger partial charge is 0.625 e. The predicted octanol–water partition coefficient (Wildman–Crippen LogP) is 1.68. The standard InChI is InChI=1S/C11H9NO2.C10H7NO2.Cu/c1-12-9-5-3-2-4-8(9)6-7-10(12)11(13)14;12-10(13)9-6-5-7-3-1-2-4-8(7)11-9;/h2-7H,1H2,(H-,13,14);1-6H,(H,12,13);. The van der Waals surface area contributed by atoms with Crippen LogP contribution in [0, 0.1) is 6.72 Å². The van der Waals surface area contributed by atoms with Crippen LogP contribution in [-0.2, 0) is 17.1 Å². The summed E-state index contributed by atoms with van der Waals surface area (Å²) in [5, 5.41) is 30.5. The van der Waals surface area contributed by atoms with Gasteiger partial charge in [-0.3, -0.25) is 0 Å². The molecule has 2 N–H and O–H groups in total. The number of fused-ring (bicyclic) bond motifs is 2. The summed E-state index contributed by atoms with van der Waals surface area (Å²) in [5.74, 6) is -1.96. The molecule has 0 spiro atoms. The summed E-state index contributed by atoms with van der Waals surface area (Å²) in [6, 6.07) is 21.5. The van der Waals surface area contributed by atoms with Crippen LogP contribution in [-0.4, -0.2) is 21.2 Å². The second kappa shape index (κ2) is 8.99. The Bertz CT molecular complexity index is 1250. The Kier molecular flexibility index (Phi) is 6.71. The van der Waals surface area contributed by atoms with Gasteiger partial charge >= 0.3 is 5.97 Å². The minimum Gasteiger partial charge on any atom is -0.625 e. The molecular weight excluding hydrogens is 408 g/mol. The predicted molar refractivity (Wildman–Crippen MR) is 99.3 cm³/mol. The third kappa shape index (κ3) is 4.46. The molecule has 0 amide bonds. The molecule has 2 aromatic heterocycles. The molecule has 0 aliphatic heterocycles. The van der Waals surface area contributed by atoms with Crippen LogP contribution < -0.4 is 14.7 Å². The van der Waals surface area contributed by atoms with Crippen molar-refractivity contribution in [2.75, 3.05) is 0 Å². The first kappa shape index (κ1) is 20.9. The number of aromatic nitrogens is 2. The summed E-state index contributed by atoms with van der Waals surface area (Å²) >= 11 is 0. The quantitative estimate of drug-likeness (QED) is 0.358. The van der Waals surface area contributed by atoms with E-state index in [-0.39, 0.29) is 28.1 Å². The van der Waals surface area contributed by atoms with Gasteiger partial charge in [0, 0.05) is 40.0 Å². The zero-order valence-corrected chi connectivity index (χ0v) is 15.5. The van der Waals surface area contributed by atoms with Crippen LogP contribution >= 0.6 is 0 Å². The molecule has 4 aromatic rings. The van der Waals surface area contributed by atoms with Crippen LogP contribution in [0.3, 0.4) is 0 Å². The van der Waals surface area contributed by atoms with E-state index in [9.17, 15) is 9.90 Å². The minimum atomic E-state index is -0.995. The number of benzene rings is 2. The Morgan fingerprint density at radius 1 is 0.893 bits per heavy atom. The van der Waals surface area contributed by atoms with Crippen molar-refractivity contribution in [1.29, 1.82) is 0 Å². The van der Waals surface area contributed by atoms with E-state index in [1.807, 2.05) is 42.5 Å². The van der Waals surface area contributed by atoms with Crippen molar-refractivity contribution < 1.29 is 41.4 Å². The fraction of sp³-hybridized carbons (Fsp3) is 0. The van der Waals surface area contributed by atoms with Gasteiger partial charge in [0.25, 0.3) is 0 Å². The van der Waals surface area contributed by atoms with E-state index in [2.05, 4.69) is 11.7 Å². The first-order valence-electron chi connectivity index (χ1n) is 8.04. The van der Waals surface area contributed by atoms with Crippen molar-refractivity contribution in [3.8, 4) is 0 Å². The number of rotatable bonds is 1. The van der Waals surface area contributed by atoms with E-state index in [4.69, 9.17) is 10.2 Å². The van der Waals surface area contributed by atoms with Crippen LogP contribution in [0.15, 0.2) is 72.8 Å². The summed E-state index contributed by atoms with van der Waals surface area (Å²) in [6.45, 7) is 3.71. The number of hydrogen-bond acceptors (Lipinski definition) is 4. The Labute approximate surface area is 170 Å². The number of para-hydroxylation sites is 2. The van der Waals surface area contributed by atoms with Crippen molar-refractivity contribution in [3.63, 3.8) is 0 Å². The van der Waals surface area contributed by atoms with Gasteiger partial charge in [-0.05, 0) is 24.3 Å². The van der Waals surface area contributed by atoms with Crippen molar-refractivity contribution >= 4 is 33.7 Å². The molecule has 4 rings (SSSR count). The SMILES string of the molecule is C=[n+]1/c(=C(/[O-])O)ccc2ccccc21.O=C(O)c1ccc2ccccc2n1.[Cu]. The number of hydrogen-bond donors (Lipinski definition) is 2. The van der Waals surface area contributed by atoms with Crippen LogP contribution in [0.4, 0.5) is 0 Å². The molecule has 0 aliphatic carbocycles. The molecule has 0 aliphatic rings. The van der Waals surface area contributed by atoms with Crippen LogP contribution in [0.25, 0.3) is 27.8 Å². The van der Waals surface area contributed by atoms with Crippen molar-refractivity contribution in [2.45, 2.75) is 0 Å². The maximum Gasteiger partial charge on any atom is 0.354 e. The van der Waals surface area contributed by atoms with E-state index in [0.29, 0.717) is 5.52 Å². The number of carbonyl (C=O) groups is 1. The van der Waals surface area contributed by atoms with E-state index < -0.39 is 11.9 Å². The van der Waals surface area contributed by atoms with Crippen LogP contribution in [0.5, 0.6) is 0 Å². The maximum atomic E-state index is 10.8. The van der Waals surface area contributed by atoms with Gasteiger partial charge in [-0.1, -0.05) is 36.4 Å². The molecule has 2 aromatic carbocycles. The molecule has 0 atom stereocenters. The monoisotopic (exact) mass is 423 g/mol. The number of aromatic carboxylic acids is 1. The Morgan fingerprint density at radius 3 is 2.18 bits per heavy atom. The molecular formula is C21H16CuN2O4. The topological polar surface area (TPSA) is 99.4 Å². The van der Waals surface area contributed by atoms with Gasteiger partial charge in [0.15, 0.2) is 0 Å². The van der Waals surface area contributed by atoms with Crippen LogP contribution in [0.2, 0.25) is 0 Å². The van der Waals surface area contributed by atoms with E-state index in [1.165, 1.54) is 10.3 Å². The number of aliphatic hydroxyl groups is 1. The van der Waals surface area contributed by atoms with Gasteiger partial charge in [0.2, 0.25) is 10.9 Å². The molecule has 7 heteroatoms. The van der Waals surface area contributed by atoms with E-state index in [0.717, 1.165) is 16.3 Å². The average molecular weight is 424 g/mol. The Hall–Kier alpha value is -3.41. The molecule has 0 saturated heterocycles. The maximum absolute atomic E-state index is 10.8. The van der Waals surface area contributed by atoms with Gasteiger partial charge in [0.05, 0.1) is 5.52 Å². The minimum absolute atomic E-state index is 0. The molecule has 1 radical (unpaired) electrons. The molecule has 0 fully saturated rings. The average Bonchev–Trinajstić information content (AvgIpc) is 2.68. The van der Waals surface area contributed by atoms with E-state index in [1.54, 1.807) is 24.3 Å². The summed E-state index contributed by atoms with van der Waals surface area (Å²) in [4.78, 5) is 14.6. The van der Waals surface area contributed by atoms with E-state index >= 15 is 0 Å². The number of aliphatic hydroxyl groups excluding tert-OH is 1. The molecule has 2 heterocycles. The number of carboxylic acid groups (broad SMARTS) is 1. The third-order valence-electron chi connectivity index (χ3n) is 3.98. The second-order valence-corrected chi connectivity index (χ2v) is 5.70. The van der Waals surface area contributed by atoms with Crippen LogP contribution in [0.1, 0.15) is 10.5 Å². The van der Waals surface area contributed by atoms with Gasteiger partial charge in [-0.2, -0.15) is 4.24 Å². The zero-order valence-electron chi connectivity index (χ0n) is 14.5. The summed E-state index contributed by atoms with van der Waals surface area (Å²) in [5.41, 5.74) is 1.61. The molecule has 0 unspecified atom stereocenters. The first-order valence-corrected chi connectivity index (χ1v) is 8.04. The Balaban J connectivity index is 0.000000194. The van der Waals surface area contributed by atoms with Gasteiger partial charge in [-0.25, -0.2) is 9.78 Å². The first-order chi connectivity index (χ1) is 13.0. The third-order valence-corrected chi connectivity index (χ3v) is 3.98. The molecule has 0 saturated carbocycles.